The molecule has 1 aromatic heterocycles. The first kappa shape index (κ1) is 10.8. The molecule has 1 fully saturated rings. The minimum atomic E-state index is 0.738. The molecule has 1 aromatic rings. The highest BCUT2D eigenvalue weighted by Crippen LogP contribution is 2.39. The molecule has 1 saturated carbocycles. The molecule has 0 amide bonds. The van der Waals surface area contributed by atoms with Crippen LogP contribution < -0.4 is 0 Å². The number of fused-ring (bicyclic) bond motifs is 1. The number of aromatic nitrogens is 1. The molecular formula is C13H18BrNO. The summed E-state index contributed by atoms with van der Waals surface area (Å²) in [7, 11) is 0. The summed E-state index contributed by atoms with van der Waals surface area (Å²) >= 11 is 3.75. The summed E-state index contributed by atoms with van der Waals surface area (Å²) in [5.74, 6) is 0.738. The molecule has 0 spiro atoms. The fourth-order valence-electron chi connectivity index (χ4n) is 2.97. The molecule has 0 unspecified atom stereocenters. The Morgan fingerprint density at radius 3 is 2.50 bits per heavy atom. The van der Waals surface area contributed by atoms with Crippen molar-refractivity contribution in [2.45, 2.75) is 57.7 Å². The molecule has 3 rings (SSSR count). The number of nitrogens with one attached hydrogen (secondary N) is 1. The summed E-state index contributed by atoms with van der Waals surface area (Å²) in [6.07, 6.45) is 8.29. The van der Waals surface area contributed by atoms with E-state index < -0.39 is 0 Å². The number of ether oxygens (including phenoxy) is 1. The molecule has 2 nitrogen and oxygen atoms in total. The number of rotatable bonds is 1. The fraction of sp³-hybridized carbons (Fsp3) is 0.692. The van der Waals surface area contributed by atoms with E-state index in [1.54, 1.807) is 0 Å². The molecule has 0 saturated heterocycles. The third-order valence-electron chi connectivity index (χ3n) is 3.91. The molecule has 1 N–H and O–H groups in total. The van der Waals surface area contributed by atoms with E-state index >= 15 is 0 Å². The predicted octanol–water partition coefficient (Wildman–Crippen LogP) is 4.25. The SMILES string of the molecule is Brc1c(C2CCCCCC2)[nH]c2c1COC2. The third-order valence-corrected chi connectivity index (χ3v) is 4.81. The molecule has 1 aliphatic carbocycles. The Labute approximate surface area is 105 Å². The van der Waals surface area contributed by atoms with Gasteiger partial charge < -0.3 is 9.72 Å². The van der Waals surface area contributed by atoms with Gasteiger partial charge in [-0.3, -0.25) is 0 Å². The minimum Gasteiger partial charge on any atom is -0.370 e. The van der Waals surface area contributed by atoms with Crippen molar-refractivity contribution in [3.63, 3.8) is 0 Å². The van der Waals surface area contributed by atoms with Crippen molar-refractivity contribution in [2.75, 3.05) is 0 Å². The van der Waals surface area contributed by atoms with Crippen molar-refractivity contribution in [1.82, 2.24) is 4.98 Å². The van der Waals surface area contributed by atoms with Crippen molar-refractivity contribution < 1.29 is 4.74 Å². The van der Waals surface area contributed by atoms with Gasteiger partial charge in [-0.2, -0.15) is 0 Å². The molecule has 88 valence electrons. The Bertz CT molecular complexity index is 378. The quantitative estimate of drug-likeness (QED) is 0.766. The number of halogens is 1. The molecular weight excluding hydrogens is 266 g/mol. The summed E-state index contributed by atoms with van der Waals surface area (Å²) in [5.41, 5.74) is 4.10. The van der Waals surface area contributed by atoms with Crippen molar-refractivity contribution >= 4 is 15.9 Å². The molecule has 0 bridgehead atoms. The van der Waals surface area contributed by atoms with Gasteiger partial charge >= 0.3 is 0 Å². The lowest BCUT2D eigenvalue weighted by Gasteiger charge is -2.13. The Kier molecular flexibility index (Phi) is 3.07. The summed E-state index contributed by atoms with van der Waals surface area (Å²) in [6.45, 7) is 1.54. The van der Waals surface area contributed by atoms with Crippen LogP contribution in [0, 0.1) is 0 Å². The zero-order chi connectivity index (χ0) is 11.0. The predicted molar refractivity (Wildman–Crippen MR) is 67.4 cm³/mol. The molecule has 1 aliphatic heterocycles. The maximum Gasteiger partial charge on any atom is 0.0874 e. The molecule has 0 aromatic carbocycles. The Morgan fingerprint density at radius 1 is 1.06 bits per heavy atom. The number of hydrogen-bond donors (Lipinski definition) is 1. The van der Waals surface area contributed by atoms with Crippen LogP contribution in [0.25, 0.3) is 0 Å². The second-order valence-corrected chi connectivity index (χ2v) is 5.78. The molecule has 0 atom stereocenters. The second kappa shape index (κ2) is 4.53. The zero-order valence-corrected chi connectivity index (χ0v) is 11.1. The van der Waals surface area contributed by atoms with Crippen molar-refractivity contribution in [3.8, 4) is 0 Å². The van der Waals surface area contributed by atoms with Crippen LogP contribution in [0.1, 0.15) is 61.4 Å². The molecule has 2 heterocycles. The van der Waals surface area contributed by atoms with Crippen molar-refractivity contribution in [2.24, 2.45) is 0 Å². The average molecular weight is 284 g/mol. The lowest BCUT2D eigenvalue weighted by molar-refractivity contribution is 0.132. The van der Waals surface area contributed by atoms with E-state index in [0.29, 0.717) is 0 Å². The van der Waals surface area contributed by atoms with Gasteiger partial charge in [-0.05, 0) is 28.8 Å². The summed E-state index contributed by atoms with van der Waals surface area (Å²) in [6, 6.07) is 0. The molecule has 2 aliphatic rings. The van der Waals surface area contributed by atoms with Gasteiger partial charge in [0.1, 0.15) is 0 Å². The van der Waals surface area contributed by atoms with Crippen LogP contribution in [0.5, 0.6) is 0 Å². The van der Waals surface area contributed by atoms with Crippen LogP contribution in [0.15, 0.2) is 4.47 Å². The monoisotopic (exact) mass is 283 g/mol. The Balaban J connectivity index is 1.88. The minimum absolute atomic E-state index is 0.738. The Hall–Kier alpha value is -0.280. The van der Waals surface area contributed by atoms with Gasteiger partial charge in [-0.25, -0.2) is 0 Å². The molecule has 3 heteroatoms. The van der Waals surface area contributed by atoms with E-state index in [0.717, 1.165) is 19.1 Å². The third kappa shape index (κ3) is 1.84. The van der Waals surface area contributed by atoms with Crippen molar-refractivity contribution in [3.05, 3.63) is 21.4 Å². The molecule has 0 radical (unpaired) electrons. The highest BCUT2D eigenvalue weighted by Gasteiger charge is 2.25. The highest BCUT2D eigenvalue weighted by molar-refractivity contribution is 9.10. The van der Waals surface area contributed by atoms with E-state index in [4.69, 9.17) is 4.74 Å². The first-order chi connectivity index (χ1) is 7.86. The smallest absolute Gasteiger partial charge is 0.0874 e. The van der Waals surface area contributed by atoms with Crippen LogP contribution >= 0.6 is 15.9 Å². The average Bonchev–Trinajstić information content (AvgIpc) is 2.74. The topological polar surface area (TPSA) is 25.0 Å². The van der Waals surface area contributed by atoms with Crippen LogP contribution in [0.4, 0.5) is 0 Å². The second-order valence-electron chi connectivity index (χ2n) is 4.99. The van der Waals surface area contributed by atoms with Gasteiger partial charge in [0.2, 0.25) is 0 Å². The van der Waals surface area contributed by atoms with E-state index in [1.807, 2.05) is 0 Å². The Morgan fingerprint density at radius 2 is 1.81 bits per heavy atom. The fourth-order valence-corrected chi connectivity index (χ4v) is 3.74. The zero-order valence-electron chi connectivity index (χ0n) is 9.52. The summed E-state index contributed by atoms with van der Waals surface area (Å²) in [5, 5.41) is 0. The van der Waals surface area contributed by atoms with Gasteiger partial charge in [0.25, 0.3) is 0 Å². The van der Waals surface area contributed by atoms with E-state index in [2.05, 4.69) is 20.9 Å². The number of hydrogen-bond acceptors (Lipinski definition) is 1. The van der Waals surface area contributed by atoms with Gasteiger partial charge in [-0.1, -0.05) is 25.7 Å². The van der Waals surface area contributed by atoms with Crippen LogP contribution in [0.2, 0.25) is 0 Å². The number of aromatic amines is 1. The van der Waals surface area contributed by atoms with Crippen molar-refractivity contribution in [1.29, 1.82) is 0 Å². The molecule has 16 heavy (non-hydrogen) atoms. The van der Waals surface area contributed by atoms with E-state index in [-0.39, 0.29) is 0 Å². The van der Waals surface area contributed by atoms with Crippen LogP contribution in [0.3, 0.4) is 0 Å². The van der Waals surface area contributed by atoms with Gasteiger partial charge in [0, 0.05) is 27.3 Å². The van der Waals surface area contributed by atoms with Gasteiger partial charge in [0.15, 0.2) is 0 Å². The normalized spacial score (nSPS) is 22.1. The van der Waals surface area contributed by atoms with Gasteiger partial charge in [0.05, 0.1) is 13.2 Å². The number of H-pyrrole nitrogens is 1. The highest BCUT2D eigenvalue weighted by atomic mass is 79.9. The van der Waals surface area contributed by atoms with Crippen LogP contribution in [-0.2, 0) is 18.0 Å². The van der Waals surface area contributed by atoms with E-state index in [9.17, 15) is 0 Å². The lowest BCUT2D eigenvalue weighted by Crippen LogP contribution is -1.99. The standard InChI is InChI=1S/C13H18BrNO/c14-12-10-7-16-8-11(10)15-13(12)9-5-3-1-2-4-6-9/h9,15H,1-8H2. The van der Waals surface area contributed by atoms with Crippen LogP contribution in [-0.4, -0.2) is 4.98 Å². The largest absolute Gasteiger partial charge is 0.370 e. The van der Waals surface area contributed by atoms with Gasteiger partial charge in [-0.15, -0.1) is 0 Å². The first-order valence-electron chi connectivity index (χ1n) is 6.33. The lowest BCUT2D eigenvalue weighted by atomic mass is 9.96. The summed E-state index contributed by atoms with van der Waals surface area (Å²) < 4.78 is 6.74. The first-order valence-corrected chi connectivity index (χ1v) is 7.12. The maximum atomic E-state index is 5.44. The summed E-state index contributed by atoms with van der Waals surface area (Å²) in [4.78, 5) is 3.59. The maximum absolute atomic E-state index is 5.44. The van der Waals surface area contributed by atoms with E-state index in [1.165, 1.54) is 59.9 Å².